The summed E-state index contributed by atoms with van der Waals surface area (Å²) in [5.74, 6) is 2.18. The third-order valence-electron chi connectivity index (χ3n) is 4.05. The number of amides is 1. The molecule has 2 heterocycles. The Morgan fingerprint density at radius 2 is 2.12 bits per heavy atom. The molecule has 1 fully saturated rings. The molecule has 1 amide bonds. The minimum absolute atomic E-state index is 0.215. The van der Waals surface area contributed by atoms with Crippen molar-refractivity contribution >= 4 is 35.0 Å². The monoisotopic (exact) mass is 361 g/mol. The van der Waals surface area contributed by atoms with Gasteiger partial charge in [-0.05, 0) is 36.2 Å². The van der Waals surface area contributed by atoms with Crippen molar-refractivity contribution in [2.45, 2.75) is 13.5 Å². The normalized spacial score (nSPS) is 15.2. The molecular formula is C18H20ClN3OS. The molecule has 4 nitrogen and oxygen atoms in total. The molecule has 1 aliphatic heterocycles. The number of aromatic nitrogens is 1. The van der Waals surface area contributed by atoms with Crippen molar-refractivity contribution < 1.29 is 4.79 Å². The van der Waals surface area contributed by atoms with Gasteiger partial charge >= 0.3 is 0 Å². The zero-order valence-corrected chi connectivity index (χ0v) is 15.2. The van der Waals surface area contributed by atoms with Crippen LogP contribution in [0.1, 0.15) is 21.5 Å². The second-order valence-electron chi connectivity index (χ2n) is 5.83. The third-order valence-corrected chi connectivity index (χ3v) is 5.30. The van der Waals surface area contributed by atoms with Crippen molar-refractivity contribution in [3.8, 4) is 0 Å². The molecular weight excluding hydrogens is 342 g/mol. The molecule has 1 aliphatic rings. The first-order valence-electron chi connectivity index (χ1n) is 7.95. The fraction of sp³-hybridized carbons (Fsp3) is 0.333. The molecule has 1 N–H and O–H groups in total. The average molecular weight is 362 g/mol. The van der Waals surface area contributed by atoms with Crippen LogP contribution in [0.2, 0.25) is 5.15 Å². The molecule has 24 heavy (non-hydrogen) atoms. The Morgan fingerprint density at radius 3 is 2.83 bits per heavy atom. The van der Waals surface area contributed by atoms with E-state index in [9.17, 15) is 4.79 Å². The highest BCUT2D eigenvalue weighted by atomic mass is 35.5. The molecule has 0 bridgehead atoms. The van der Waals surface area contributed by atoms with Crippen LogP contribution in [0, 0.1) is 6.92 Å². The van der Waals surface area contributed by atoms with Crippen LogP contribution in [-0.4, -0.2) is 40.4 Å². The molecule has 0 radical (unpaired) electrons. The topological polar surface area (TPSA) is 45.2 Å². The van der Waals surface area contributed by atoms with Gasteiger partial charge in [-0.15, -0.1) is 0 Å². The molecule has 0 aliphatic carbocycles. The molecule has 2 aromatic rings. The second-order valence-corrected chi connectivity index (χ2v) is 7.42. The number of halogens is 1. The van der Waals surface area contributed by atoms with E-state index in [0.29, 0.717) is 5.56 Å². The summed E-state index contributed by atoms with van der Waals surface area (Å²) < 4.78 is 0. The maximum Gasteiger partial charge on any atom is 0.258 e. The minimum atomic E-state index is -0.239. The van der Waals surface area contributed by atoms with Gasteiger partial charge in [-0.2, -0.15) is 11.8 Å². The van der Waals surface area contributed by atoms with Crippen molar-refractivity contribution in [1.82, 2.24) is 9.88 Å². The number of carbonyl (C=O) groups is 1. The number of anilines is 1. The van der Waals surface area contributed by atoms with Crippen LogP contribution in [0.5, 0.6) is 0 Å². The molecule has 0 unspecified atom stereocenters. The van der Waals surface area contributed by atoms with Crippen molar-refractivity contribution in [1.29, 1.82) is 0 Å². The zero-order valence-electron chi connectivity index (χ0n) is 13.6. The fourth-order valence-corrected chi connectivity index (χ4v) is 3.91. The predicted molar refractivity (Wildman–Crippen MR) is 101 cm³/mol. The van der Waals surface area contributed by atoms with Gasteiger partial charge in [-0.25, -0.2) is 4.98 Å². The number of rotatable bonds is 4. The van der Waals surface area contributed by atoms with Gasteiger partial charge in [0.15, 0.2) is 0 Å². The van der Waals surface area contributed by atoms with Gasteiger partial charge in [0.2, 0.25) is 0 Å². The summed E-state index contributed by atoms with van der Waals surface area (Å²) in [4.78, 5) is 18.8. The first-order valence-corrected chi connectivity index (χ1v) is 9.48. The molecule has 1 aromatic heterocycles. The number of hydrogen-bond acceptors (Lipinski definition) is 4. The molecule has 3 rings (SSSR count). The van der Waals surface area contributed by atoms with Gasteiger partial charge in [0.25, 0.3) is 5.91 Å². The number of benzene rings is 1. The van der Waals surface area contributed by atoms with Crippen molar-refractivity contribution in [2.75, 3.05) is 29.9 Å². The smallest absolute Gasteiger partial charge is 0.258 e. The van der Waals surface area contributed by atoms with E-state index in [1.54, 1.807) is 18.3 Å². The van der Waals surface area contributed by atoms with E-state index in [1.807, 2.05) is 24.8 Å². The van der Waals surface area contributed by atoms with E-state index >= 15 is 0 Å². The summed E-state index contributed by atoms with van der Waals surface area (Å²) in [7, 11) is 0. The zero-order chi connectivity index (χ0) is 16.9. The van der Waals surface area contributed by atoms with Crippen LogP contribution in [-0.2, 0) is 6.54 Å². The van der Waals surface area contributed by atoms with Crippen molar-refractivity contribution in [3.05, 3.63) is 58.4 Å². The van der Waals surface area contributed by atoms with E-state index in [-0.39, 0.29) is 11.1 Å². The molecule has 6 heteroatoms. The summed E-state index contributed by atoms with van der Waals surface area (Å²) >= 11 is 8.00. The highest BCUT2D eigenvalue weighted by Gasteiger charge is 2.14. The lowest BCUT2D eigenvalue weighted by Crippen LogP contribution is -2.31. The number of aryl methyl sites for hydroxylation is 1. The molecule has 1 aromatic carbocycles. The van der Waals surface area contributed by atoms with Gasteiger partial charge in [-0.1, -0.05) is 23.7 Å². The maximum absolute atomic E-state index is 12.3. The van der Waals surface area contributed by atoms with E-state index in [2.05, 4.69) is 27.3 Å². The number of nitrogens with zero attached hydrogens (tertiary/aromatic N) is 2. The molecule has 126 valence electrons. The van der Waals surface area contributed by atoms with Crippen LogP contribution < -0.4 is 5.32 Å². The Balaban J connectivity index is 1.68. The Labute approximate surface area is 151 Å². The Hall–Kier alpha value is -1.56. The molecule has 0 atom stereocenters. The van der Waals surface area contributed by atoms with E-state index in [0.717, 1.165) is 30.9 Å². The number of nitrogens with one attached hydrogen (secondary N) is 1. The summed E-state index contributed by atoms with van der Waals surface area (Å²) in [6.07, 6.45) is 1.57. The van der Waals surface area contributed by atoms with Crippen LogP contribution in [0.3, 0.4) is 0 Å². The number of hydrogen-bond donors (Lipinski definition) is 1. The largest absolute Gasteiger partial charge is 0.322 e. The highest BCUT2D eigenvalue weighted by molar-refractivity contribution is 7.99. The number of carbonyl (C=O) groups excluding carboxylic acids is 1. The summed E-state index contributed by atoms with van der Waals surface area (Å²) in [6, 6.07) is 9.55. The molecule has 0 saturated carbocycles. The first-order chi connectivity index (χ1) is 11.6. The standard InChI is InChI=1S/C18H20ClN3OS/c1-13-11-14(12-22-7-9-24-10-8-22)4-5-16(13)21-18(23)15-3-2-6-20-17(15)19/h2-6,11H,7-10,12H2,1H3,(H,21,23). The first kappa shape index (κ1) is 17.3. The predicted octanol–water partition coefficient (Wildman–Crippen LogP) is 3.84. The van der Waals surface area contributed by atoms with E-state index in [4.69, 9.17) is 11.6 Å². The summed E-state index contributed by atoms with van der Waals surface area (Å²) in [5.41, 5.74) is 3.51. The van der Waals surface area contributed by atoms with Gasteiger partial charge in [0, 0.05) is 43.0 Å². The Morgan fingerprint density at radius 1 is 1.33 bits per heavy atom. The van der Waals surface area contributed by atoms with Crippen LogP contribution >= 0.6 is 23.4 Å². The molecule has 1 saturated heterocycles. The Kier molecular flexibility index (Phi) is 5.76. The van der Waals surface area contributed by atoms with Gasteiger partial charge in [0.05, 0.1) is 5.56 Å². The van der Waals surface area contributed by atoms with E-state index < -0.39 is 0 Å². The maximum atomic E-state index is 12.3. The average Bonchev–Trinajstić information content (AvgIpc) is 2.58. The lowest BCUT2D eigenvalue weighted by molar-refractivity contribution is 0.102. The van der Waals surface area contributed by atoms with Crippen LogP contribution in [0.4, 0.5) is 5.69 Å². The van der Waals surface area contributed by atoms with Crippen LogP contribution in [0.25, 0.3) is 0 Å². The Bertz CT molecular complexity index is 732. The quantitative estimate of drug-likeness (QED) is 0.840. The lowest BCUT2D eigenvalue weighted by Gasteiger charge is -2.26. The minimum Gasteiger partial charge on any atom is -0.322 e. The van der Waals surface area contributed by atoms with Gasteiger partial charge in [-0.3, -0.25) is 9.69 Å². The van der Waals surface area contributed by atoms with Crippen molar-refractivity contribution in [2.24, 2.45) is 0 Å². The van der Waals surface area contributed by atoms with E-state index in [1.165, 1.54) is 17.1 Å². The second kappa shape index (κ2) is 8.01. The summed E-state index contributed by atoms with van der Waals surface area (Å²) in [5, 5.41) is 3.13. The van der Waals surface area contributed by atoms with Crippen molar-refractivity contribution in [3.63, 3.8) is 0 Å². The summed E-state index contributed by atoms with van der Waals surface area (Å²) in [6.45, 7) is 5.25. The van der Waals surface area contributed by atoms with Crippen LogP contribution in [0.15, 0.2) is 36.5 Å². The lowest BCUT2D eigenvalue weighted by atomic mass is 10.1. The third kappa shape index (κ3) is 4.29. The number of thioether (sulfide) groups is 1. The SMILES string of the molecule is Cc1cc(CN2CCSCC2)ccc1NC(=O)c1cccnc1Cl. The fourth-order valence-electron chi connectivity index (χ4n) is 2.73. The van der Waals surface area contributed by atoms with Gasteiger partial charge in [0.1, 0.15) is 5.15 Å². The van der Waals surface area contributed by atoms with Gasteiger partial charge < -0.3 is 5.32 Å². The highest BCUT2D eigenvalue weighted by Crippen LogP contribution is 2.21. The molecule has 0 spiro atoms. The number of pyridine rings is 1.